The minimum absolute atomic E-state index is 0.125. The molecule has 1 atom stereocenters. The lowest BCUT2D eigenvalue weighted by Crippen LogP contribution is -2.42. The van der Waals surface area contributed by atoms with Crippen molar-refractivity contribution in [1.29, 1.82) is 0 Å². The highest BCUT2D eigenvalue weighted by Gasteiger charge is 2.33. The van der Waals surface area contributed by atoms with E-state index < -0.39 is 5.60 Å². The minimum Gasteiger partial charge on any atom is -0.478 e. The van der Waals surface area contributed by atoms with Crippen LogP contribution >= 0.6 is 0 Å². The van der Waals surface area contributed by atoms with Gasteiger partial charge in [0.25, 0.3) is 5.91 Å². The summed E-state index contributed by atoms with van der Waals surface area (Å²) in [6, 6.07) is 3.56. The van der Waals surface area contributed by atoms with Crippen molar-refractivity contribution in [1.82, 2.24) is 4.98 Å². The molecule has 1 unspecified atom stereocenters. The summed E-state index contributed by atoms with van der Waals surface area (Å²) in [6.07, 6.45) is 6.45. The van der Waals surface area contributed by atoms with Crippen LogP contribution in [0.5, 0.6) is 5.88 Å². The summed E-state index contributed by atoms with van der Waals surface area (Å²) in [4.78, 5) is 16.8. The number of pyridine rings is 1. The Hall–Kier alpha value is -1.62. The number of amides is 1. The summed E-state index contributed by atoms with van der Waals surface area (Å²) in [5.74, 6) is 0.444. The smallest absolute Gasteiger partial charge is 0.256 e. The van der Waals surface area contributed by atoms with Crippen LogP contribution in [-0.2, 0) is 9.53 Å². The highest BCUT2D eigenvalue weighted by molar-refractivity contribution is 5.96. The summed E-state index contributed by atoms with van der Waals surface area (Å²) in [7, 11) is 0. The molecule has 1 aromatic rings. The number of carbonyl (C=O) groups is 1. The van der Waals surface area contributed by atoms with Crippen molar-refractivity contribution in [2.75, 3.05) is 18.5 Å². The third-order valence-electron chi connectivity index (χ3n) is 3.65. The molecule has 130 valence electrons. The van der Waals surface area contributed by atoms with E-state index >= 15 is 0 Å². The number of rotatable bonds is 11. The number of ether oxygens (including phenoxy) is 2. The van der Waals surface area contributed by atoms with E-state index in [1.54, 1.807) is 18.3 Å². The largest absolute Gasteiger partial charge is 0.478 e. The SMILES string of the molecule is CCCCCC(C)(OCC)C(=O)Nc1ccc(OCCC)nc1. The number of hydrogen-bond donors (Lipinski definition) is 1. The zero-order valence-corrected chi connectivity index (χ0v) is 14.9. The first-order chi connectivity index (χ1) is 11.1. The van der Waals surface area contributed by atoms with Crippen molar-refractivity contribution in [3.05, 3.63) is 18.3 Å². The lowest BCUT2D eigenvalue weighted by Gasteiger charge is -2.28. The topological polar surface area (TPSA) is 60.5 Å². The second-order valence-corrected chi connectivity index (χ2v) is 5.81. The Morgan fingerprint density at radius 3 is 2.57 bits per heavy atom. The molecule has 0 saturated carbocycles. The monoisotopic (exact) mass is 322 g/mol. The van der Waals surface area contributed by atoms with E-state index in [0.717, 1.165) is 25.7 Å². The summed E-state index contributed by atoms with van der Waals surface area (Å²) in [5, 5.41) is 2.90. The lowest BCUT2D eigenvalue weighted by molar-refractivity contribution is -0.139. The van der Waals surface area contributed by atoms with Crippen molar-refractivity contribution in [2.45, 2.75) is 65.4 Å². The van der Waals surface area contributed by atoms with E-state index in [1.807, 2.05) is 20.8 Å². The summed E-state index contributed by atoms with van der Waals surface area (Å²) in [5.41, 5.74) is -0.151. The molecule has 0 aliphatic rings. The third kappa shape index (κ3) is 6.57. The van der Waals surface area contributed by atoms with Crippen LogP contribution in [0.3, 0.4) is 0 Å². The molecule has 0 aliphatic carbocycles. The fraction of sp³-hybridized carbons (Fsp3) is 0.667. The van der Waals surface area contributed by atoms with Crippen LogP contribution in [0, 0.1) is 0 Å². The van der Waals surface area contributed by atoms with Crippen molar-refractivity contribution < 1.29 is 14.3 Å². The Balaban J connectivity index is 2.66. The zero-order chi connectivity index (χ0) is 17.1. The highest BCUT2D eigenvalue weighted by Crippen LogP contribution is 2.22. The molecule has 1 amide bonds. The number of hydrogen-bond acceptors (Lipinski definition) is 4. The fourth-order valence-corrected chi connectivity index (χ4v) is 2.29. The molecule has 23 heavy (non-hydrogen) atoms. The Morgan fingerprint density at radius 1 is 1.22 bits per heavy atom. The fourth-order valence-electron chi connectivity index (χ4n) is 2.29. The van der Waals surface area contributed by atoms with E-state index in [-0.39, 0.29) is 5.91 Å². The second-order valence-electron chi connectivity index (χ2n) is 5.81. The van der Waals surface area contributed by atoms with Crippen LogP contribution in [-0.4, -0.2) is 29.7 Å². The Kier molecular flexibility index (Phi) is 8.62. The first kappa shape index (κ1) is 19.4. The number of unbranched alkanes of at least 4 members (excludes halogenated alkanes) is 2. The molecule has 0 bridgehead atoms. The molecule has 5 heteroatoms. The molecule has 5 nitrogen and oxygen atoms in total. The van der Waals surface area contributed by atoms with Gasteiger partial charge in [0.1, 0.15) is 5.60 Å². The molecule has 0 spiro atoms. The van der Waals surface area contributed by atoms with Gasteiger partial charge in [-0.1, -0.05) is 33.1 Å². The standard InChI is InChI=1S/C18H30N2O3/c1-5-8-9-12-18(4,23-7-3)17(21)20-15-10-11-16(19-14-15)22-13-6-2/h10-11,14H,5-9,12-13H2,1-4H3,(H,20,21). The molecule has 0 fully saturated rings. The zero-order valence-electron chi connectivity index (χ0n) is 14.9. The van der Waals surface area contributed by atoms with Crippen molar-refractivity contribution >= 4 is 11.6 Å². The van der Waals surface area contributed by atoms with E-state index in [9.17, 15) is 4.79 Å². The number of anilines is 1. The van der Waals surface area contributed by atoms with Gasteiger partial charge in [0.05, 0.1) is 18.5 Å². The molecule has 1 aromatic heterocycles. The van der Waals surface area contributed by atoms with E-state index in [0.29, 0.717) is 31.2 Å². The average molecular weight is 322 g/mol. The van der Waals surface area contributed by atoms with Gasteiger partial charge in [-0.2, -0.15) is 0 Å². The molecule has 0 radical (unpaired) electrons. The summed E-state index contributed by atoms with van der Waals surface area (Å²) < 4.78 is 11.2. The average Bonchev–Trinajstić information content (AvgIpc) is 2.54. The van der Waals surface area contributed by atoms with Gasteiger partial charge in [-0.25, -0.2) is 4.98 Å². The van der Waals surface area contributed by atoms with Crippen LogP contribution in [0.2, 0.25) is 0 Å². The number of carbonyl (C=O) groups excluding carboxylic acids is 1. The Morgan fingerprint density at radius 2 is 2.00 bits per heavy atom. The van der Waals surface area contributed by atoms with E-state index in [2.05, 4.69) is 17.2 Å². The van der Waals surface area contributed by atoms with Gasteiger partial charge < -0.3 is 14.8 Å². The maximum Gasteiger partial charge on any atom is 0.256 e. The molecule has 1 N–H and O–H groups in total. The molecular formula is C18H30N2O3. The maximum atomic E-state index is 12.6. The molecule has 0 aliphatic heterocycles. The molecule has 1 rings (SSSR count). The van der Waals surface area contributed by atoms with Crippen molar-refractivity contribution in [3.63, 3.8) is 0 Å². The second kappa shape index (κ2) is 10.2. The van der Waals surface area contributed by atoms with Crippen LogP contribution in [0.25, 0.3) is 0 Å². The first-order valence-electron chi connectivity index (χ1n) is 8.60. The Bertz CT molecular complexity index is 462. The molecule has 1 heterocycles. The normalized spacial score (nSPS) is 13.4. The highest BCUT2D eigenvalue weighted by atomic mass is 16.5. The van der Waals surface area contributed by atoms with Crippen LogP contribution in [0.1, 0.15) is 59.8 Å². The first-order valence-corrected chi connectivity index (χ1v) is 8.60. The Labute approximate surface area is 139 Å². The van der Waals surface area contributed by atoms with Crippen LogP contribution in [0.4, 0.5) is 5.69 Å². The third-order valence-corrected chi connectivity index (χ3v) is 3.65. The maximum absolute atomic E-state index is 12.6. The number of nitrogens with one attached hydrogen (secondary N) is 1. The van der Waals surface area contributed by atoms with Gasteiger partial charge >= 0.3 is 0 Å². The van der Waals surface area contributed by atoms with Gasteiger partial charge in [-0.3, -0.25) is 4.79 Å². The van der Waals surface area contributed by atoms with Gasteiger partial charge in [0, 0.05) is 12.7 Å². The number of aromatic nitrogens is 1. The summed E-state index contributed by atoms with van der Waals surface area (Å²) in [6.45, 7) is 9.10. The minimum atomic E-state index is -0.804. The van der Waals surface area contributed by atoms with Crippen LogP contribution < -0.4 is 10.1 Å². The predicted octanol–water partition coefficient (Wildman–Crippen LogP) is 4.18. The molecule has 0 saturated heterocycles. The quantitative estimate of drug-likeness (QED) is 0.621. The lowest BCUT2D eigenvalue weighted by atomic mass is 9.96. The van der Waals surface area contributed by atoms with Crippen molar-refractivity contribution in [3.8, 4) is 5.88 Å². The molecular weight excluding hydrogens is 292 g/mol. The molecule has 0 aromatic carbocycles. The van der Waals surface area contributed by atoms with Crippen LogP contribution in [0.15, 0.2) is 18.3 Å². The summed E-state index contributed by atoms with van der Waals surface area (Å²) >= 11 is 0. The van der Waals surface area contributed by atoms with Gasteiger partial charge in [-0.15, -0.1) is 0 Å². The van der Waals surface area contributed by atoms with Crippen molar-refractivity contribution in [2.24, 2.45) is 0 Å². The van der Waals surface area contributed by atoms with Gasteiger partial charge in [-0.05, 0) is 32.8 Å². The van der Waals surface area contributed by atoms with E-state index in [1.165, 1.54) is 0 Å². The van der Waals surface area contributed by atoms with Gasteiger partial charge in [0.15, 0.2) is 0 Å². The van der Waals surface area contributed by atoms with Gasteiger partial charge in [0.2, 0.25) is 5.88 Å². The number of nitrogens with zero attached hydrogens (tertiary/aromatic N) is 1. The predicted molar refractivity (Wildman–Crippen MR) is 92.8 cm³/mol. The van der Waals surface area contributed by atoms with E-state index in [4.69, 9.17) is 9.47 Å².